The van der Waals surface area contributed by atoms with Gasteiger partial charge in [0.25, 0.3) is 0 Å². The zero-order chi connectivity index (χ0) is 12.8. The fourth-order valence-electron chi connectivity index (χ4n) is 2.67. The SMILES string of the molecule is CCCNC(C)C(C)N1CCC(N(C)C)CC1. The van der Waals surface area contributed by atoms with Gasteiger partial charge in [0.1, 0.15) is 0 Å². The Morgan fingerprint density at radius 2 is 1.82 bits per heavy atom. The van der Waals surface area contributed by atoms with Crippen molar-refractivity contribution in [1.29, 1.82) is 0 Å². The maximum Gasteiger partial charge on any atom is 0.0218 e. The summed E-state index contributed by atoms with van der Waals surface area (Å²) in [6.45, 7) is 10.6. The van der Waals surface area contributed by atoms with Crippen molar-refractivity contribution in [3.63, 3.8) is 0 Å². The van der Waals surface area contributed by atoms with Crippen LogP contribution in [0.3, 0.4) is 0 Å². The van der Waals surface area contributed by atoms with E-state index in [1.165, 1.54) is 32.4 Å². The van der Waals surface area contributed by atoms with E-state index < -0.39 is 0 Å². The number of hydrogen-bond donors (Lipinski definition) is 1. The van der Waals surface area contributed by atoms with Crippen LogP contribution in [-0.4, -0.2) is 61.7 Å². The number of nitrogens with zero attached hydrogens (tertiary/aromatic N) is 2. The van der Waals surface area contributed by atoms with Gasteiger partial charge in [0.05, 0.1) is 0 Å². The summed E-state index contributed by atoms with van der Waals surface area (Å²) >= 11 is 0. The number of likely N-dealkylation sites (tertiary alicyclic amines) is 1. The quantitative estimate of drug-likeness (QED) is 0.765. The summed E-state index contributed by atoms with van der Waals surface area (Å²) in [6, 6.07) is 2.05. The molecule has 3 heteroatoms. The Morgan fingerprint density at radius 3 is 2.29 bits per heavy atom. The first kappa shape index (κ1) is 14.9. The first-order valence-corrected chi connectivity index (χ1v) is 7.20. The van der Waals surface area contributed by atoms with Gasteiger partial charge in [0.2, 0.25) is 0 Å². The molecule has 1 N–H and O–H groups in total. The van der Waals surface area contributed by atoms with E-state index in [4.69, 9.17) is 0 Å². The molecule has 2 unspecified atom stereocenters. The van der Waals surface area contributed by atoms with Gasteiger partial charge < -0.3 is 10.2 Å². The van der Waals surface area contributed by atoms with Crippen molar-refractivity contribution in [1.82, 2.24) is 15.1 Å². The molecule has 102 valence electrons. The first-order chi connectivity index (χ1) is 8.06. The molecule has 0 radical (unpaired) electrons. The highest BCUT2D eigenvalue weighted by Gasteiger charge is 2.25. The second-order valence-electron chi connectivity index (χ2n) is 5.71. The van der Waals surface area contributed by atoms with E-state index in [-0.39, 0.29) is 0 Å². The number of hydrogen-bond acceptors (Lipinski definition) is 3. The fraction of sp³-hybridized carbons (Fsp3) is 1.00. The van der Waals surface area contributed by atoms with Crippen LogP contribution in [0.25, 0.3) is 0 Å². The first-order valence-electron chi connectivity index (χ1n) is 7.20. The highest BCUT2D eigenvalue weighted by molar-refractivity contribution is 4.84. The summed E-state index contributed by atoms with van der Waals surface area (Å²) in [7, 11) is 4.41. The van der Waals surface area contributed by atoms with E-state index in [0.29, 0.717) is 12.1 Å². The zero-order valence-corrected chi connectivity index (χ0v) is 12.4. The molecule has 1 rings (SSSR count). The van der Waals surface area contributed by atoms with E-state index in [0.717, 1.165) is 12.6 Å². The number of rotatable bonds is 6. The van der Waals surface area contributed by atoms with Crippen molar-refractivity contribution in [2.45, 2.75) is 58.2 Å². The minimum Gasteiger partial charge on any atom is -0.313 e. The van der Waals surface area contributed by atoms with Crippen LogP contribution in [0, 0.1) is 0 Å². The number of piperidine rings is 1. The van der Waals surface area contributed by atoms with Crippen LogP contribution in [0.5, 0.6) is 0 Å². The van der Waals surface area contributed by atoms with E-state index in [1.54, 1.807) is 0 Å². The molecule has 2 atom stereocenters. The molecule has 17 heavy (non-hydrogen) atoms. The highest BCUT2D eigenvalue weighted by atomic mass is 15.2. The highest BCUT2D eigenvalue weighted by Crippen LogP contribution is 2.17. The lowest BCUT2D eigenvalue weighted by Crippen LogP contribution is -2.52. The second-order valence-corrected chi connectivity index (χ2v) is 5.71. The van der Waals surface area contributed by atoms with Crippen molar-refractivity contribution in [3.05, 3.63) is 0 Å². The second kappa shape index (κ2) is 7.34. The topological polar surface area (TPSA) is 18.5 Å². The predicted octanol–water partition coefficient (Wildman–Crippen LogP) is 1.79. The van der Waals surface area contributed by atoms with Crippen molar-refractivity contribution in [3.8, 4) is 0 Å². The lowest BCUT2D eigenvalue weighted by Gasteiger charge is -2.40. The average Bonchev–Trinajstić information content (AvgIpc) is 2.35. The summed E-state index contributed by atoms with van der Waals surface area (Å²) < 4.78 is 0. The van der Waals surface area contributed by atoms with Gasteiger partial charge in [-0.2, -0.15) is 0 Å². The van der Waals surface area contributed by atoms with Crippen LogP contribution in [-0.2, 0) is 0 Å². The largest absolute Gasteiger partial charge is 0.313 e. The predicted molar refractivity (Wildman–Crippen MR) is 75.5 cm³/mol. The molecule has 0 saturated carbocycles. The maximum atomic E-state index is 3.61. The van der Waals surface area contributed by atoms with Crippen LogP contribution in [0.1, 0.15) is 40.0 Å². The smallest absolute Gasteiger partial charge is 0.0218 e. The summed E-state index contributed by atoms with van der Waals surface area (Å²) in [5.74, 6) is 0. The van der Waals surface area contributed by atoms with Crippen LogP contribution < -0.4 is 5.32 Å². The summed E-state index contributed by atoms with van der Waals surface area (Å²) in [5, 5.41) is 3.61. The van der Waals surface area contributed by atoms with Crippen molar-refractivity contribution in [2.75, 3.05) is 33.7 Å². The van der Waals surface area contributed by atoms with E-state index in [2.05, 4.69) is 50.0 Å². The zero-order valence-electron chi connectivity index (χ0n) is 12.4. The Kier molecular flexibility index (Phi) is 6.45. The third kappa shape index (κ3) is 4.57. The molecule has 0 aromatic heterocycles. The van der Waals surface area contributed by atoms with Crippen molar-refractivity contribution >= 4 is 0 Å². The number of nitrogens with one attached hydrogen (secondary N) is 1. The van der Waals surface area contributed by atoms with Crippen LogP contribution in [0.15, 0.2) is 0 Å². The van der Waals surface area contributed by atoms with Gasteiger partial charge in [-0.25, -0.2) is 0 Å². The maximum absolute atomic E-state index is 3.61. The molecule has 0 spiro atoms. The fourth-order valence-corrected chi connectivity index (χ4v) is 2.67. The molecular weight excluding hydrogens is 210 g/mol. The van der Waals surface area contributed by atoms with Crippen molar-refractivity contribution < 1.29 is 0 Å². The van der Waals surface area contributed by atoms with E-state index in [9.17, 15) is 0 Å². The third-order valence-electron chi connectivity index (χ3n) is 4.25. The molecule has 1 saturated heterocycles. The van der Waals surface area contributed by atoms with Gasteiger partial charge in [-0.15, -0.1) is 0 Å². The van der Waals surface area contributed by atoms with Gasteiger partial charge in [-0.1, -0.05) is 6.92 Å². The Labute approximate surface area is 108 Å². The standard InChI is InChI=1S/C14H31N3/c1-6-9-15-12(2)13(3)17-10-7-14(8-11-17)16(4)5/h12-15H,6-11H2,1-5H3. The minimum absolute atomic E-state index is 0.603. The Bertz CT molecular complexity index is 198. The third-order valence-corrected chi connectivity index (χ3v) is 4.25. The summed E-state index contributed by atoms with van der Waals surface area (Å²) in [5.41, 5.74) is 0. The van der Waals surface area contributed by atoms with Gasteiger partial charge in [0.15, 0.2) is 0 Å². The Hall–Kier alpha value is -0.120. The van der Waals surface area contributed by atoms with E-state index >= 15 is 0 Å². The van der Waals surface area contributed by atoms with E-state index in [1.807, 2.05) is 0 Å². The molecular formula is C14H31N3. The molecule has 1 fully saturated rings. The summed E-state index contributed by atoms with van der Waals surface area (Å²) in [4.78, 5) is 5.02. The molecule has 1 aliphatic heterocycles. The van der Waals surface area contributed by atoms with Gasteiger partial charge >= 0.3 is 0 Å². The lowest BCUT2D eigenvalue weighted by molar-refractivity contribution is 0.0998. The van der Waals surface area contributed by atoms with Crippen LogP contribution in [0.4, 0.5) is 0 Å². The summed E-state index contributed by atoms with van der Waals surface area (Å²) in [6.07, 6.45) is 3.86. The molecule has 3 nitrogen and oxygen atoms in total. The normalized spacial score (nSPS) is 22.9. The monoisotopic (exact) mass is 241 g/mol. The van der Waals surface area contributed by atoms with Crippen molar-refractivity contribution in [2.24, 2.45) is 0 Å². The van der Waals surface area contributed by atoms with Gasteiger partial charge in [-0.3, -0.25) is 4.90 Å². The molecule has 1 heterocycles. The minimum atomic E-state index is 0.603. The Balaban J connectivity index is 2.32. The molecule has 0 aromatic rings. The molecule has 0 bridgehead atoms. The van der Waals surface area contributed by atoms with Crippen LogP contribution in [0.2, 0.25) is 0 Å². The molecule has 0 amide bonds. The molecule has 0 aromatic carbocycles. The Morgan fingerprint density at radius 1 is 1.24 bits per heavy atom. The molecule has 0 aliphatic carbocycles. The van der Waals surface area contributed by atoms with Gasteiger partial charge in [-0.05, 0) is 66.8 Å². The van der Waals surface area contributed by atoms with Gasteiger partial charge in [0, 0.05) is 18.1 Å². The molecule has 1 aliphatic rings. The van der Waals surface area contributed by atoms with Crippen LogP contribution >= 0.6 is 0 Å². The average molecular weight is 241 g/mol. The lowest BCUT2D eigenvalue weighted by atomic mass is 10.0.